The summed E-state index contributed by atoms with van der Waals surface area (Å²) < 4.78 is 24.8. The zero-order chi connectivity index (χ0) is 14.3. The van der Waals surface area contributed by atoms with E-state index in [4.69, 9.17) is 4.98 Å². The average Bonchev–Trinajstić information content (AvgIpc) is 3.12. The Morgan fingerprint density at radius 2 is 1.90 bits per heavy atom. The van der Waals surface area contributed by atoms with Gasteiger partial charge < -0.3 is 0 Å². The lowest BCUT2D eigenvalue weighted by atomic mass is 10.1. The van der Waals surface area contributed by atoms with Gasteiger partial charge in [-0.2, -0.15) is 0 Å². The summed E-state index contributed by atoms with van der Waals surface area (Å²) in [6.07, 6.45) is 3.65. The molecule has 1 aromatic carbocycles. The van der Waals surface area contributed by atoms with Gasteiger partial charge in [0.15, 0.2) is 0 Å². The Hall–Kier alpha value is -1.40. The second kappa shape index (κ2) is 4.86. The van der Waals surface area contributed by atoms with Crippen LogP contribution in [-0.4, -0.2) is 19.7 Å². The number of rotatable bonds is 4. The van der Waals surface area contributed by atoms with Crippen molar-refractivity contribution in [3.05, 3.63) is 34.2 Å². The lowest BCUT2D eigenvalue weighted by Gasteiger charge is -2.04. The Bertz CT molecular complexity index is 729. The van der Waals surface area contributed by atoms with Crippen LogP contribution in [0.15, 0.2) is 24.3 Å². The van der Waals surface area contributed by atoms with E-state index in [-0.39, 0.29) is 0 Å². The summed E-state index contributed by atoms with van der Waals surface area (Å²) >= 11 is 1.77. The van der Waals surface area contributed by atoms with Gasteiger partial charge in [-0.3, -0.25) is 4.72 Å². The topological polar surface area (TPSA) is 59.1 Å². The third kappa shape index (κ3) is 3.02. The van der Waals surface area contributed by atoms with Crippen LogP contribution in [0.25, 0.3) is 11.3 Å². The highest BCUT2D eigenvalue weighted by Crippen LogP contribution is 2.44. The molecule has 20 heavy (non-hydrogen) atoms. The van der Waals surface area contributed by atoms with Crippen LogP contribution in [0.3, 0.4) is 0 Å². The van der Waals surface area contributed by atoms with Crippen molar-refractivity contribution in [2.24, 2.45) is 0 Å². The van der Waals surface area contributed by atoms with Crippen molar-refractivity contribution in [1.82, 2.24) is 4.98 Å². The predicted molar refractivity (Wildman–Crippen MR) is 82.7 cm³/mol. The van der Waals surface area contributed by atoms with E-state index in [1.165, 1.54) is 22.7 Å². The number of nitrogens with zero attached hydrogens (tertiary/aromatic N) is 1. The van der Waals surface area contributed by atoms with E-state index in [1.807, 2.05) is 12.1 Å². The van der Waals surface area contributed by atoms with Gasteiger partial charge >= 0.3 is 0 Å². The molecular formula is C14H16N2O2S2. The van der Waals surface area contributed by atoms with E-state index in [1.54, 1.807) is 23.5 Å². The first kappa shape index (κ1) is 13.6. The highest BCUT2D eigenvalue weighted by Gasteiger charge is 2.27. The number of hydrogen-bond acceptors (Lipinski definition) is 4. The Kier molecular flexibility index (Phi) is 3.30. The standard InChI is InChI=1S/C14H16N2O2S2/c1-9-13(15-14(19-9)11-3-4-11)10-5-7-12(8-6-10)16-20(2,17)18/h5-8,11,16H,3-4H2,1-2H3. The second-order valence-electron chi connectivity index (χ2n) is 5.18. The minimum Gasteiger partial charge on any atom is -0.284 e. The van der Waals surface area contributed by atoms with Crippen molar-refractivity contribution < 1.29 is 8.42 Å². The van der Waals surface area contributed by atoms with Crippen molar-refractivity contribution in [3.8, 4) is 11.3 Å². The second-order valence-corrected chi connectivity index (χ2v) is 8.17. The highest BCUT2D eigenvalue weighted by molar-refractivity contribution is 7.92. The van der Waals surface area contributed by atoms with Gasteiger partial charge in [0.05, 0.1) is 17.0 Å². The number of thiazole rings is 1. The average molecular weight is 308 g/mol. The van der Waals surface area contributed by atoms with Gasteiger partial charge in [0.25, 0.3) is 0 Å². The number of anilines is 1. The summed E-state index contributed by atoms with van der Waals surface area (Å²) in [6.45, 7) is 2.08. The molecule has 0 atom stereocenters. The van der Waals surface area contributed by atoms with E-state index >= 15 is 0 Å². The number of aryl methyl sites for hydroxylation is 1. The molecule has 2 aromatic rings. The molecule has 0 spiro atoms. The summed E-state index contributed by atoms with van der Waals surface area (Å²) in [7, 11) is -3.23. The Balaban J connectivity index is 1.87. The number of aromatic nitrogens is 1. The molecule has 1 N–H and O–H groups in total. The third-order valence-electron chi connectivity index (χ3n) is 3.20. The van der Waals surface area contributed by atoms with Crippen LogP contribution in [0.4, 0.5) is 5.69 Å². The van der Waals surface area contributed by atoms with Crippen LogP contribution >= 0.6 is 11.3 Å². The Morgan fingerprint density at radius 1 is 1.25 bits per heavy atom. The molecule has 106 valence electrons. The van der Waals surface area contributed by atoms with Crippen LogP contribution in [0.1, 0.15) is 28.6 Å². The zero-order valence-electron chi connectivity index (χ0n) is 11.4. The van der Waals surface area contributed by atoms with Gasteiger partial charge in [0.2, 0.25) is 10.0 Å². The quantitative estimate of drug-likeness (QED) is 0.942. The van der Waals surface area contributed by atoms with E-state index in [0.717, 1.165) is 17.5 Å². The van der Waals surface area contributed by atoms with Crippen LogP contribution in [0.5, 0.6) is 0 Å². The summed E-state index contributed by atoms with van der Waals surface area (Å²) in [5.41, 5.74) is 2.62. The third-order valence-corrected chi connectivity index (χ3v) is 4.94. The molecule has 0 saturated heterocycles. The first-order chi connectivity index (χ1) is 9.42. The van der Waals surface area contributed by atoms with Crippen molar-refractivity contribution in [1.29, 1.82) is 0 Å². The summed E-state index contributed by atoms with van der Waals surface area (Å²) in [5, 5.41) is 1.23. The van der Waals surface area contributed by atoms with E-state index in [2.05, 4.69) is 11.6 Å². The first-order valence-corrected chi connectivity index (χ1v) is 9.19. The van der Waals surface area contributed by atoms with Crippen molar-refractivity contribution in [2.45, 2.75) is 25.7 Å². The minimum atomic E-state index is -3.23. The molecule has 1 aromatic heterocycles. The fraction of sp³-hybridized carbons (Fsp3) is 0.357. The van der Waals surface area contributed by atoms with E-state index in [9.17, 15) is 8.42 Å². The Labute approximate surface area is 122 Å². The molecule has 0 bridgehead atoms. The van der Waals surface area contributed by atoms with Gasteiger partial charge in [-0.25, -0.2) is 13.4 Å². The molecule has 1 saturated carbocycles. The molecule has 0 aliphatic heterocycles. The monoisotopic (exact) mass is 308 g/mol. The lowest BCUT2D eigenvalue weighted by molar-refractivity contribution is 0.607. The molecule has 1 aliphatic carbocycles. The van der Waals surface area contributed by atoms with Crippen molar-refractivity contribution in [3.63, 3.8) is 0 Å². The van der Waals surface area contributed by atoms with Gasteiger partial charge in [0.1, 0.15) is 0 Å². The van der Waals surface area contributed by atoms with Crippen molar-refractivity contribution in [2.75, 3.05) is 11.0 Å². The fourth-order valence-corrected chi connectivity index (χ4v) is 3.78. The van der Waals surface area contributed by atoms with Gasteiger partial charge in [-0.1, -0.05) is 12.1 Å². The van der Waals surface area contributed by atoms with E-state index in [0.29, 0.717) is 11.6 Å². The summed E-state index contributed by atoms with van der Waals surface area (Å²) in [6, 6.07) is 7.36. The highest BCUT2D eigenvalue weighted by atomic mass is 32.2. The molecule has 4 nitrogen and oxygen atoms in total. The molecule has 0 unspecified atom stereocenters. The van der Waals surface area contributed by atoms with Gasteiger partial charge in [-0.05, 0) is 31.9 Å². The predicted octanol–water partition coefficient (Wildman–Crippen LogP) is 3.37. The maximum absolute atomic E-state index is 11.2. The van der Waals surface area contributed by atoms with E-state index < -0.39 is 10.0 Å². The van der Waals surface area contributed by atoms with Crippen LogP contribution in [0.2, 0.25) is 0 Å². The Morgan fingerprint density at radius 3 is 2.45 bits per heavy atom. The summed E-state index contributed by atoms with van der Waals surface area (Å²) in [5.74, 6) is 0.665. The number of hydrogen-bond donors (Lipinski definition) is 1. The maximum Gasteiger partial charge on any atom is 0.229 e. The molecular weight excluding hydrogens is 292 g/mol. The van der Waals surface area contributed by atoms with Crippen molar-refractivity contribution >= 4 is 27.0 Å². The molecule has 3 rings (SSSR count). The van der Waals surface area contributed by atoms with Gasteiger partial charge in [-0.15, -0.1) is 11.3 Å². The molecule has 1 aliphatic rings. The zero-order valence-corrected chi connectivity index (χ0v) is 13.0. The lowest BCUT2D eigenvalue weighted by Crippen LogP contribution is -2.09. The smallest absolute Gasteiger partial charge is 0.229 e. The first-order valence-electron chi connectivity index (χ1n) is 6.48. The summed E-state index contributed by atoms with van der Waals surface area (Å²) in [4.78, 5) is 5.94. The van der Waals surface area contributed by atoms with Crippen LogP contribution in [-0.2, 0) is 10.0 Å². The molecule has 0 radical (unpaired) electrons. The maximum atomic E-state index is 11.2. The molecule has 1 fully saturated rings. The molecule has 1 heterocycles. The van der Waals surface area contributed by atoms with Gasteiger partial charge in [0, 0.05) is 22.0 Å². The number of nitrogens with one attached hydrogen (secondary N) is 1. The van der Waals surface area contributed by atoms with Crippen LogP contribution in [0, 0.1) is 6.92 Å². The number of sulfonamides is 1. The largest absolute Gasteiger partial charge is 0.284 e. The fourth-order valence-electron chi connectivity index (χ4n) is 2.10. The minimum absolute atomic E-state index is 0.576. The number of benzene rings is 1. The molecule has 0 amide bonds. The normalized spacial score (nSPS) is 15.3. The van der Waals surface area contributed by atoms with Crippen LogP contribution < -0.4 is 4.72 Å². The SMILES string of the molecule is Cc1sc(C2CC2)nc1-c1ccc(NS(C)(=O)=O)cc1. The molecule has 6 heteroatoms.